The average Bonchev–Trinajstić information content (AvgIpc) is 3.17. The van der Waals surface area contributed by atoms with Gasteiger partial charge in [-0.1, -0.05) is 23.7 Å². The molecule has 0 atom stereocenters. The first kappa shape index (κ1) is 20.5. The van der Waals surface area contributed by atoms with Crippen LogP contribution < -0.4 is 9.47 Å². The van der Waals surface area contributed by atoms with Crippen LogP contribution in [0.1, 0.15) is 15.3 Å². The monoisotopic (exact) mass is 450 g/mol. The Morgan fingerprint density at radius 1 is 1.13 bits per heavy atom. The molecule has 0 amide bonds. The molecule has 2 heterocycles. The molecule has 1 aliphatic rings. The second kappa shape index (κ2) is 8.16. The molecule has 0 saturated heterocycles. The molecule has 3 nitrogen and oxygen atoms in total. The summed E-state index contributed by atoms with van der Waals surface area (Å²) in [5.74, 6) is 1.02. The van der Waals surface area contributed by atoms with Gasteiger partial charge in [-0.3, -0.25) is 4.79 Å². The number of fused-ring (bicyclic) bond motifs is 1. The molecule has 3 aromatic rings. The number of hydrogen-bond donors (Lipinski definition) is 0. The standard InChI is InChI=1S/C22H14ClF3O3S/c23-16-4-1-14(2-5-16)19-9-18(30-21(19)22(24,25)26)12-28-17-6-3-15-7-13(10-27)11-29-20(15)8-17/h1-10H,11-12H2. The summed E-state index contributed by atoms with van der Waals surface area (Å²) in [6.45, 7) is 0.153. The van der Waals surface area contributed by atoms with Crippen molar-refractivity contribution in [2.24, 2.45) is 0 Å². The Balaban J connectivity index is 1.56. The Hall–Kier alpha value is -2.77. The van der Waals surface area contributed by atoms with Gasteiger partial charge in [0.15, 0.2) is 0 Å². The predicted octanol–water partition coefficient (Wildman–Crippen LogP) is 6.64. The van der Waals surface area contributed by atoms with Crippen molar-refractivity contribution in [3.05, 3.63) is 74.4 Å². The lowest BCUT2D eigenvalue weighted by Crippen LogP contribution is -2.08. The molecule has 0 unspecified atom stereocenters. The van der Waals surface area contributed by atoms with E-state index in [9.17, 15) is 18.0 Å². The zero-order valence-electron chi connectivity index (χ0n) is 15.3. The smallest absolute Gasteiger partial charge is 0.426 e. The van der Waals surface area contributed by atoms with Gasteiger partial charge in [0.25, 0.3) is 0 Å². The van der Waals surface area contributed by atoms with Gasteiger partial charge >= 0.3 is 6.18 Å². The Labute approximate surface area is 179 Å². The lowest BCUT2D eigenvalue weighted by atomic mass is 10.1. The van der Waals surface area contributed by atoms with Crippen molar-refractivity contribution in [3.8, 4) is 22.6 Å². The summed E-state index contributed by atoms with van der Waals surface area (Å²) in [5.41, 5.74) is 1.82. The highest BCUT2D eigenvalue weighted by Gasteiger charge is 2.36. The van der Waals surface area contributed by atoms with Gasteiger partial charge in [0.2, 0.25) is 0 Å². The maximum Gasteiger partial charge on any atom is 0.426 e. The van der Waals surface area contributed by atoms with E-state index in [2.05, 4.69) is 0 Å². The Kier molecular flexibility index (Phi) is 5.58. The number of hydrogen-bond acceptors (Lipinski definition) is 4. The van der Waals surface area contributed by atoms with Gasteiger partial charge in [0.05, 0.1) is 0 Å². The van der Waals surface area contributed by atoms with E-state index in [0.717, 1.165) is 11.8 Å². The molecule has 0 saturated carbocycles. The van der Waals surface area contributed by atoms with Gasteiger partial charge < -0.3 is 9.47 Å². The highest BCUT2D eigenvalue weighted by atomic mass is 35.5. The van der Waals surface area contributed by atoms with E-state index in [1.54, 1.807) is 48.5 Å². The fraction of sp³-hybridized carbons (Fsp3) is 0.136. The highest BCUT2D eigenvalue weighted by molar-refractivity contribution is 7.12. The minimum Gasteiger partial charge on any atom is -0.488 e. The third kappa shape index (κ3) is 4.37. The summed E-state index contributed by atoms with van der Waals surface area (Å²) < 4.78 is 51.8. The first-order valence-corrected chi connectivity index (χ1v) is 10.0. The summed E-state index contributed by atoms with van der Waals surface area (Å²) >= 11 is 6.50. The van der Waals surface area contributed by atoms with Crippen LogP contribution in [0.2, 0.25) is 5.02 Å². The number of alkyl halides is 3. The zero-order chi connectivity index (χ0) is 21.3. The van der Waals surface area contributed by atoms with Gasteiger partial charge in [0.1, 0.15) is 35.9 Å². The van der Waals surface area contributed by atoms with E-state index >= 15 is 0 Å². The summed E-state index contributed by atoms with van der Waals surface area (Å²) in [4.78, 5) is 10.6. The van der Waals surface area contributed by atoms with Crippen LogP contribution in [0.15, 0.2) is 54.1 Å². The van der Waals surface area contributed by atoms with Gasteiger partial charge in [-0.15, -0.1) is 11.3 Å². The molecule has 0 N–H and O–H groups in total. The third-order valence-electron chi connectivity index (χ3n) is 4.45. The Bertz CT molecular complexity index is 1120. The van der Waals surface area contributed by atoms with E-state index in [-0.39, 0.29) is 18.8 Å². The molecule has 30 heavy (non-hydrogen) atoms. The fourth-order valence-corrected chi connectivity index (χ4v) is 4.13. The Morgan fingerprint density at radius 2 is 1.90 bits per heavy atom. The van der Waals surface area contributed by atoms with Crippen LogP contribution in [0, 0.1) is 0 Å². The largest absolute Gasteiger partial charge is 0.488 e. The SMILES string of the molecule is O=CC1=Cc2ccc(OCc3cc(-c4ccc(Cl)cc4)c(C(F)(F)F)s3)cc2OC1. The minimum atomic E-state index is -4.47. The molecular formula is C22H14ClF3O3S. The van der Waals surface area contributed by atoms with Crippen molar-refractivity contribution in [2.45, 2.75) is 12.8 Å². The second-order valence-electron chi connectivity index (χ2n) is 6.57. The van der Waals surface area contributed by atoms with E-state index in [1.807, 2.05) is 0 Å². The van der Waals surface area contributed by atoms with E-state index in [4.69, 9.17) is 21.1 Å². The first-order chi connectivity index (χ1) is 14.3. The van der Waals surface area contributed by atoms with Crippen LogP contribution in [0.3, 0.4) is 0 Å². The highest BCUT2D eigenvalue weighted by Crippen LogP contribution is 2.43. The number of aldehydes is 1. The summed E-state index contributed by atoms with van der Waals surface area (Å²) in [5, 5.41) is 0.454. The predicted molar refractivity (Wildman–Crippen MR) is 110 cm³/mol. The minimum absolute atomic E-state index is 0.0183. The summed E-state index contributed by atoms with van der Waals surface area (Å²) in [6, 6.07) is 12.8. The molecule has 4 rings (SSSR count). The topological polar surface area (TPSA) is 35.5 Å². The van der Waals surface area contributed by atoms with E-state index in [0.29, 0.717) is 43.9 Å². The molecule has 0 spiro atoms. The van der Waals surface area contributed by atoms with Gasteiger partial charge in [-0.25, -0.2) is 0 Å². The van der Waals surface area contributed by atoms with Gasteiger partial charge in [-0.05, 0) is 42.0 Å². The maximum absolute atomic E-state index is 13.5. The number of halogens is 4. The molecular weight excluding hydrogens is 437 g/mol. The van der Waals surface area contributed by atoms with Crippen LogP contribution in [0.25, 0.3) is 17.2 Å². The molecule has 0 radical (unpaired) electrons. The second-order valence-corrected chi connectivity index (χ2v) is 8.15. The molecule has 0 fully saturated rings. The number of benzene rings is 2. The van der Waals surface area contributed by atoms with Crippen LogP contribution in [-0.4, -0.2) is 12.9 Å². The number of carbonyl (C=O) groups is 1. The van der Waals surface area contributed by atoms with Crippen molar-refractivity contribution < 1.29 is 27.4 Å². The van der Waals surface area contributed by atoms with Crippen molar-refractivity contribution in [3.63, 3.8) is 0 Å². The summed E-state index contributed by atoms with van der Waals surface area (Å²) in [6.07, 6.45) is -2.01. The van der Waals surface area contributed by atoms with Crippen molar-refractivity contribution >= 4 is 35.3 Å². The molecule has 1 aliphatic heterocycles. The lowest BCUT2D eigenvalue weighted by Gasteiger charge is -2.16. The maximum atomic E-state index is 13.5. The van der Waals surface area contributed by atoms with Crippen molar-refractivity contribution in [2.75, 3.05) is 6.61 Å². The van der Waals surface area contributed by atoms with Gasteiger partial charge in [0, 0.05) is 32.7 Å². The number of thiophene rings is 1. The lowest BCUT2D eigenvalue weighted by molar-refractivity contribution is -0.133. The molecule has 8 heteroatoms. The molecule has 2 aromatic carbocycles. The molecule has 154 valence electrons. The number of ether oxygens (including phenoxy) is 2. The van der Waals surface area contributed by atoms with Crippen molar-refractivity contribution in [1.82, 2.24) is 0 Å². The normalized spacial score (nSPS) is 13.3. The summed E-state index contributed by atoms with van der Waals surface area (Å²) in [7, 11) is 0. The van der Waals surface area contributed by atoms with Crippen molar-refractivity contribution in [1.29, 1.82) is 0 Å². The average molecular weight is 451 g/mol. The van der Waals surface area contributed by atoms with Crippen LogP contribution in [0.4, 0.5) is 13.2 Å². The quantitative estimate of drug-likeness (QED) is 0.409. The van der Waals surface area contributed by atoms with Gasteiger partial charge in [-0.2, -0.15) is 13.2 Å². The zero-order valence-corrected chi connectivity index (χ0v) is 16.9. The number of rotatable bonds is 5. The van der Waals surface area contributed by atoms with E-state index < -0.39 is 11.1 Å². The molecule has 0 aliphatic carbocycles. The Morgan fingerprint density at radius 3 is 2.60 bits per heavy atom. The van der Waals surface area contributed by atoms with Crippen LogP contribution in [-0.2, 0) is 17.6 Å². The van der Waals surface area contributed by atoms with Crippen LogP contribution >= 0.6 is 22.9 Å². The number of carbonyl (C=O) groups excluding carboxylic acids is 1. The van der Waals surface area contributed by atoms with Crippen LogP contribution in [0.5, 0.6) is 11.5 Å². The van der Waals surface area contributed by atoms with E-state index in [1.165, 1.54) is 6.07 Å². The first-order valence-electron chi connectivity index (χ1n) is 8.85. The molecule has 1 aromatic heterocycles. The fourth-order valence-electron chi connectivity index (χ4n) is 3.04. The third-order valence-corrected chi connectivity index (χ3v) is 5.85. The molecule has 0 bridgehead atoms.